The topological polar surface area (TPSA) is 109 Å². The normalized spacial score (nSPS) is 11.5. The molecule has 0 aliphatic rings. The molecule has 0 saturated heterocycles. The number of halogens is 1. The summed E-state index contributed by atoms with van der Waals surface area (Å²) in [7, 11) is 3.38. The van der Waals surface area contributed by atoms with Crippen molar-refractivity contribution in [2.45, 2.75) is 12.8 Å². The van der Waals surface area contributed by atoms with E-state index in [4.69, 9.17) is 4.42 Å². The Morgan fingerprint density at radius 3 is 2.56 bits per heavy atom. The fraction of sp³-hybridized carbons (Fsp3) is 0.174. The van der Waals surface area contributed by atoms with E-state index in [2.05, 4.69) is 20.5 Å². The number of aromatic nitrogens is 4. The molecule has 162 valence electrons. The van der Waals surface area contributed by atoms with Gasteiger partial charge in [0, 0.05) is 37.3 Å². The van der Waals surface area contributed by atoms with E-state index in [1.807, 2.05) is 6.07 Å². The summed E-state index contributed by atoms with van der Waals surface area (Å²) >= 11 is 0. The zero-order valence-electron chi connectivity index (χ0n) is 17.4. The van der Waals surface area contributed by atoms with E-state index < -0.39 is 0 Å². The number of phenols is 1. The van der Waals surface area contributed by atoms with Crippen molar-refractivity contribution in [1.29, 1.82) is 0 Å². The third kappa shape index (κ3) is 3.27. The van der Waals surface area contributed by atoms with Gasteiger partial charge in [-0.1, -0.05) is 17.2 Å². The Morgan fingerprint density at radius 2 is 1.84 bits per heavy atom. The van der Waals surface area contributed by atoms with Crippen LogP contribution < -0.4 is 5.32 Å². The molecule has 5 aromatic rings. The molecular weight excluding hydrogens is 413 g/mol. The van der Waals surface area contributed by atoms with Crippen LogP contribution >= 0.6 is 0 Å². The van der Waals surface area contributed by atoms with Gasteiger partial charge < -0.3 is 24.5 Å². The molecule has 5 rings (SSSR count). The lowest BCUT2D eigenvalue weighted by Gasteiger charge is -2.11. The van der Waals surface area contributed by atoms with Gasteiger partial charge in [0.1, 0.15) is 11.3 Å². The first kappa shape index (κ1) is 19.8. The number of aromatic hydroxyl groups is 2. The van der Waals surface area contributed by atoms with Crippen LogP contribution in [0.25, 0.3) is 21.7 Å². The number of fused-ring (bicyclic) bond motifs is 2. The predicted octanol–water partition coefficient (Wildman–Crippen LogP) is 3.88. The highest BCUT2D eigenvalue weighted by Crippen LogP contribution is 2.42. The third-order valence-corrected chi connectivity index (χ3v) is 5.54. The van der Waals surface area contributed by atoms with E-state index in [-0.39, 0.29) is 23.9 Å². The number of benzene rings is 2. The van der Waals surface area contributed by atoms with E-state index in [1.54, 1.807) is 43.2 Å². The zero-order valence-corrected chi connectivity index (χ0v) is 17.4. The van der Waals surface area contributed by atoms with Crippen LogP contribution in [0.2, 0.25) is 0 Å². The number of pyridine rings is 1. The van der Waals surface area contributed by atoms with Gasteiger partial charge in [-0.2, -0.15) is 0 Å². The second-order valence-electron chi connectivity index (χ2n) is 7.65. The molecule has 0 unspecified atom stereocenters. The first-order valence-electron chi connectivity index (χ1n) is 9.99. The summed E-state index contributed by atoms with van der Waals surface area (Å²) in [6.07, 6.45) is 4.26. The Hall–Kier alpha value is -4.14. The van der Waals surface area contributed by atoms with Gasteiger partial charge in [0.15, 0.2) is 5.75 Å². The van der Waals surface area contributed by atoms with E-state index in [1.165, 1.54) is 12.1 Å². The Balaban J connectivity index is 1.70. The van der Waals surface area contributed by atoms with Crippen LogP contribution in [0.4, 0.5) is 10.4 Å². The van der Waals surface area contributed by atoms with Crippen molar-refractivity contribution in [2.75, 3.05) is 12.4 Å². The van der Waals surface area contributed by atoms with Crippen LogP contribution in [0.15, 0.2) is 47.1 Å². The molecular formula is C23H20FN5O3. The lowest BCUT2D eigenvalue weighted by atomic mass is 9.96. The smallest absolute Gasteiger partial charge is 0.315 e. The monoisotopic (exact) mass is 433 g/mol. The minimum absolute atomic E-state index is 0.0562. The average molecular weight is 433 g/mol. The van der Waals surface area contributed by atoms with Gasteiger partial charge in [0.25, 0.3) is 0 Å². The minimum atomic E-state index is -0.288. The van der Waals surface area contributed by atoms with Gasteiger partial charge in [-0.15, -0.1) is 5.10 Å². The standard InChI is InChI=1S/C23H20FN5O3/c1-25-23-28-27-18(32-23)9-15-16-8-13(7-12-3-5-14(24)6-4-12)10-26-20(16)21(30)19-17(15)11-29(2)22(19)31/h3-6,8,10-11,30-31H,7,9H2,1-2H3,(H,25,28). The fourth-order valence-electron chi connectivity index (χ4n) is 3.97. The molecule has 9 heteroatoms. The first-order valence-corrected chi connectivity index (χ1v) is 9.99. The molecule has 0 aliphatic heterocycles. The summed E-state index contributed by atoms with van der Waals surface area (Å²) in [5, 5.41) is 34.0. The van der Waals surface area contributed by atoms with Crippen LogP contribution in [0.3, 0.4) is 0 Å². The Bertz CT molecular complexity index is 1460. The van der Waals surface area contributed by atoms with Crippen LogP contribution in [-0.4, -0.2) is 37.0 Å². The van der Waals surface area contributed by atoms with Crippen LogP contribution in [0.1, 0.15) is 22.6 Å². The number of rotatable bonds is 5. The molecule has 0 atom stereocenters. The highest BCUT2D eigenvalue weighted by molar-refractivity contribution is 6.09. The van der Waals surface area contributed by atoms with Crippen molar-refractivity contribution in [3.05, 3.63) is 71.1 Å². The Labute approximate surface area is 182 Å². The van der Waals surface area contributed by atoms with Gasteiger partial charge in [-0.3, -0.25) is 4.98 Å². The van der Waals surface area contributed by atoms with Gasteiger partial charge in [0.05, 0.1) is 11.8 Å². The molecule has 0 saturated carbocycles. The molecule has 8 nitrogen and oxygen atoms in total. The van der Waals surface area contributed by atoms with E-state index in [0.717, 1.165) is 16.7 Å². The SMILES string of the molecule is CNc1nnc(Cc2c3cc(Cc4ccc(F)cc4)cnc3c(O)c3c(O)n(C)cc23)o1. The summed E-state index contributed by atoms with van der Waals surface area (Å²) in [5.41, 5.74) is 2.99. The number of nitrogens with one attached hydrogen (secondary N) is 1. The van der Waals surface area contributed by atoms with Crippen LogP contribution in [0.5, 0.6) is 11.6 Å². The van der Waals surface area contributed by atoms with Crippen molar-refractivity contribution in [1.82, 2.24) is 19.7 Å². The summed E-state index contributed by atoms with van der Waals surface area (Å²) in [6.45, 7) is 0. The Kier molecular flexibility index (Phi) is 4.66. The molecule has 0 aliphatic carbocycles. The average Bonchev–Trinajstić information content (AvgIpc) is 3.37. The van der Waals surface area contributed by atoms with Crippen molar-refractivity contribution >= 4 is 27.7 Å². The third-order valence-electron chi connectivity index (χ3n) is 5.54. The molecule has 0 bridgehead atoms. The molecule has 0 spiro atoms. The van der Waals surface area contributed by atoms with Crippen molar-refractivity contribution in [3.8, 4) is 11.6 Å². The number of nitrogens with zero attached hydrogens (tertiary/aromatic N) is 4. The molecule has 3 N–H and O–H groups in total. The first-order chi connectivity index (χ1) is 15.4. The maximum Gasteiger partial charge on any atom is 0.315 e. The lowest BCUT2D eigenvalue weighted by molar-refractivity contribution is 0.432. The quantitative estimate of drug-likeness (QED) is 0.386. The van der Waals surface area contributed by atoms with Gasteiger partial charge in [-0.05, 0) is 41.3 Å². The van der Waals surface area contributed by atoms with Gasteiger partial charge in [0.2, 0.25) is 11.8 Å². The minimum Gasteiger partial charge on any atom is -0.505 e. The van der Waals surface area contributed by atoms with E-state index >= 15 is 0 Å². The van der Waals surface area contributed by atoms with Gasteiger partial charge >= 0.3 is 6.01 Å². The van der Waals surface area contributed by atoms with Crippen LogP contribution in [0, 0.1) is 5.82 Å². The molecule has 32 heavy (non-hydrogen) atoms. The molecule has 3 aromatic heterocycles. The summed E-state index contributed by atoms with van der Waals surface area (Å²) in [5.74, 6) is -0.0507. The highest BCUT2D eigenvalue weighted by Gasteiger charge is 2.22. The molecule has 2 aromatic carbocycles. The largest absolute Gasteiger partial charge is 0.505 e. The Morgan fingerprint density at radius 1 is 1.06 bits per heavy atom. The number of aryl methyl sites for hydroxylation is 1. The second-order valence-corrected chi connectivity index (χ2v) is 7.65. The molecule has 0 fully saturated rings. The van der Waals surface area contributed by atoms with Gasteiger partial charge in [-0.25, -0.2) is 4.39 Å². The molecule has 3 heterocycles. The van der Waals surface area contributed by atoms with Crippen molar-refractivity contribution < 1.29 is 19.0 Å². The predicted molar refractivity (Wildman–Crippen MR) is 117 cm³/mol. The number of anilines is 1. The van der Waals surface area contributed by atoms with Crippen LogP contribution in [-0.2, 0) is 19.9 Å². The van der Waals surface area contributed by atoms with E-state index in [9.17, 15) is 14.6 Å². The second kappa shape index (κ2) is 7.52. The number of hydrogen-bond acceptors (Lipinski definition) is 7. The number of hydrogen-bond donors (Lipinski definition) is 3. The zero-order chi connectivity index (χ0) is 22.4. The molecule has 0 radical (unpaired) electrons. The number of phenolic OH excluding ortho intramolecular Hbond substituents is 1. The maximum atomic E-state index is 13.3. The van der Waals surface area contributed by atoms with Crippen molar-refractivity contribution in [2.24, 2.45) is 7.05 Å². The fourth-order valence-corrected chi connectivity index (χ4v) is 3.97. The van der Waals surface area contributed by atoms with E-state index in [0.29, 0.717) is 40.0 Å². The lowest BCUT2D eigenvalue weighted by Crippen LogP contribution is -1.96. The maximum absolute atomic E-state index is 13.3. The highest BCUT2D eigenvalue weighted by atomic mass is 19.1. The summed E-state index contributed by atoms with van der Waals surface area (Å²) in [4.78, 5) is 4.50. The summed E-state index contributed by atoms with van der Waals surface area (Å²) in [6, 6.07) is 8.55. The summed E-state index contributed by atoms with van der Waals surface area (Å²) < 4.78 is 20.4. The molecule has 0 amide bonds. The van der Waals surface area contributed by atoms with Crippen molar-refractivity contribution in [3.63, 3.8) is 0 Å².